The lowest BCUT2D eigenvalue weighted by molar-refractivity contribution is -0.160. The summed E-state index contributed by atoms with van der Waals surface area (Å²) in [6.07, 6.45) is 0. The van der Waals surface area contributed by atoms with Gasteiger partial charge in [0.25, 0.3) is 0 Å². The molecule has 3 aliphatic rings. The molecule has 1 amide bonds. The highest BCUT2D eigenvalue weighted by atomic mass is 16.5. The van der Waals surface area contributed by atoms with Crippen LogP contribution in [0.5, 0.6) is 0 Å². The summed E-state index contributed by atoms with van der Waals surface area (Å²) in [5, 5.41) is 24.5. The third kappa shape index (κ3) is 2.58. The lowest BCUT2D eigenvalue weighted by Crippen LogP contribution is -2.75. The van der Waals surface area contributed by atoms with Crippen molar-refractivity contribution in [1.82, 2.24) is 10.6 Å². The molecule has 3 saturated heterocycles. The number of nitrogens with one attached hydrogen (secondary N) is 2. The van der Waals surface area contributed by atoms with Crippen molar-refractivity contribution in [2.75, 3.05) is 6.61 Å². The van der Waals surface area contributed by atoms with Gasteiger partial charge in [-0.3, -0.25) is 9.59 Å². The molecule has 7 heteroatoms. The van der Waals surface area contributed by atoms with E-state index in [9.17, 15) is 20.1 Å². The van der Waals surface area contributed by atoms with Crippen LogP contribution in [-0.4, -0.2) is 24.1 Å². The van der Waals surface area contributed by atoms with Crippen molar-refractivity contribution in [2.24, 2.45) is 11.8 Å². The molecule has 3 aliphatic heterocycles. The minimum atomic E-state index is -1.16. The quantitative estimate of drug-likeness (QED) is 0.627. The third-order valence-electron chi connectivity index (χ3n) is 4.93. The minimum Gasteiger partial charge on any atom is -0.466 e. The van der Waals surface area contributed by atoms with Gasteiger partial charge in [0.05, 0.1) is 18.2 Å². The van der Waals surface area contributed by atoms with Crippen molar-refractivity contribution in [3.05, 3.63) is 47.2 Å². The number of amides is 1. The second-order valence-corrected chi connectivity index (χ2v) is 6.47. The zero-order chi connectivity index (χ0) is 18.9. The Kier molecular flexibility index (Phi) is 4.40. The fourth-order valence-electron chi connectivity index (χ4n) is 3.94. The van der Waals surface area contributed by atoms with Crippen molar-refractivity contribution in [3.63, 3.8) is 0 Å². The molecule has 26 heavy (non-hydrogen) atoms. The van der Waals surface area contributed by atoms with E-state index >= 15 is 0 Å². The van der Waals surface area contributed by atoms with E-state index in [1.54, 1.807) is 13.8 Å². The summed E-state index contributed by atoms with van der Waals surface area (Å²) in [5.41, 5.74) is -0.270. The Morgan fingerprint density at radius 3 is 2.46 bits per heavy atom. The highest BCUT2D eigenvalue weighted by Crippen LogP contribution is 2.49. The number of hydrogen-bond acceptors (Lipinski definition) is 6. The molecular formula is C19H18N4O3. The van der Waals surface area contributed by atoms with Gasteiger partial charge in [0.1, 0.15) is 29.3 Å². The summed E-state index contributed by atoms with van der Waals surface area (Å²) in [6.45, 7) is 3.61. The van der Waals surface area contributed by atoms with Crippen molar-refractivity contribution in [1.29, 1.82) is 10.5 Å². The normalized spacial score (nSPS) is 29.0. The predicted octanol–water partition coefficient (Wildman–Crippen LogP) is 1.32. The number of allylic oxidation sites excluding steroid dienone is 1. The van der Waals surface area contributed by atoms with Crippen LogP contribution in [0.4, 0.5) is 0 Å². The fourth-order valence-corrected chi connectivity index (χ4v) is 3.94. The topological polar surface area (TPSA) is 115 Å². The molecule has 1 aromatic rings. The van der Waals surface area contributed by atoms with Gasteiger partial charge < -0.3 is 15.4 Å². The molecule has 7 nitrogen and oxygen atoms in total. The number of esters is 1. The van der Waals surface area contributed by atoms with Crippen LogP contribution in [0.2, 0.25) is 0 Å². The Morgan fingerprint density at radius 1 is 1.23 bits per heavy atom. The molecule has 3 heterocycles. The summed E-state index contributed by atoms with van der Waals surface area (Å²) < 4.78 is 5.26. The number of piperidine rings is 2. The average Bonchev–Trinajstić information content (AvgIpc) is 2.62. The molecule has 4 rings (SSSR count). The molecule has 4 atom stereocenters. The number of fused-ring (bicyclic) bond motifs is 3. The molecule has 0 unspecified atom stereocenters. The van der Waals surface area contributed by atoms with Gasteiger partial charge in [0, 0.05) is 5.92 Å². The molecule has 0 spiro atoms. The Hall–Kier alpha value is -3.32. The number of hydrogen-bond donors (Lipinski definition) is 2. The highest BCUT2D eigenvalue weighted by molar-refractivity contribution is 5.91. The maximum absolute atomic E-state index is 12.8. The molecular weight excluding hydrogens is 332 g/mol. The number of nitriles is 2. The average molecular weight is 350 g/mol. The van der Waals surface area contributed by atoms with E-state index in [-0.39, 0.29) is 23.8 Å². The lowest BCUT2D eigenvalue weighted by Gasteiger charge is -2.55. The van der Waals surface area contributed by atoms with Crippen molar-refractivity contribution >= 4 is 11.9 Å². The Morgan fingerprint density at radius 2 is 1.88 bits per heavy atom. The Balaban J connectivity index is 2.23. The molecule has 2 bridgehead atoms. The maximum atomic E-state index is 12.8. The van der Waals surface area contributed by atoms with Gasteiger partial charge in [-0.05, 0) is 19.4 Å². The van der Waals surface area contributed by atoms with E-state index in [2.05, 4.69) is 10.6 Å². The maximum Gasteiger partial charge on any atom is 0.313 e. The summed E-state index contributed by atoms with van der Waals surface area (Å²) in [4.78, 5) is 25.5. The number of rotatable bonds is 3. The van der Waals surface area contributed by atoms with Gasteiger partial charge in [-0.1, -0.05) is 30.3 Å². The van der Waals surface area contributed by atoms with E-state index in [1.807, 2.05) is 42.5 Å². The number of carbonyl (C=O) groups excluding carboxylic acids is 2. The second-order valence-electron chi connectivity index (χ2n) is 6.47. The monoisotopic (exact) mass is 350 g/mol. The van der Waals surface area contributed by atoms with Crippen LogP contribution in [0.25, 0.3) is 0 Å². The lowest BCUT2D eigenvalue weighted by atomic mass is 9.63. The van der Waals surface area contributed by atoms with Crippen LogP contribution in [-0.2, 0) is 14.3 Å². The molecule has 132 valence electrons. The molecule has 1 aromatic carbocycles. The predicted molar refractivity (Wildman–Crippen MR) is 90.7 cm³/mol. The minimum absolute atomic E-state index is 0.153. The zero-order valence-corrected chi connectivity index (χ0v) is 14.4. The fraction of sp³-hybridized carbons (Fsp3) is 0.368. The number of carbonyl (C=O) groups is 2. The summed E-state index contributed by atoms with van der Waals surface area (Å²) in [6, 6.07) is 12.9. The first-order chi connectivity index (χ1) is 12.5. The van der Waals surface area contributed by atoms with Gasteiger partial charge in [-0.25, -0.2) is 0 Å². The molecule has 3 fully saturated rings. The van der Waals surface area contributed by atoms with Gasteiger partial charge in [0.2, 0.25) is 5.91 Å². The largest absolute Gasteiger partial charge is 0.466 e. The first kappa shape index (κ1) is 17.5. The van der Waals surface area contributed by atoms with Gasteiger partial charge in [-0.2, -0.15) is 10.5 Å². The van der Waals surface area contributed by atoms with E-state index in [0.29, 0.717) is 0 Å². The van der Waals surface area contributed by atoms with Crippen LogP contribution < -0.4 is 10.6 Å². The summed E-state index contributed by atoms with van der Waals surface area (Å²) >= 11 is 0. The van der Waals surface area contributed by atoms with Crippen LogP contribution in [0.1, 0.15) is 25.3 Å². The number of ether oxygens (including phenoxy) is 1. The third-order valence-corrected chi connectivity index (χ3v) is 4.93. The smallest absolute Gasteiger partial charge is 0.313 e. The first-order valence-corrected chi connectivity index (χ1v) is 8.33. The second kappa shape index (κ2) is 6.53. The van der Waals surface area contributed by atoms with Crippen LogP contribution in [0.3, 0.4) is 0 Å². The molecule has 0 aromatic heterocycles. The van der Waals surface area contributed by atoms with Gasteiger partial charge in [-0.15, -0.1) is 0 Å². The van der Waals surface area contributed by atoms with Gasteiger partial charge >= 0.3 is 5.97 Å². The van der Waals surface area contributed by atoms with Crippen LogP contribution in [0, 0.1) is 34.5 Å². The van der Waals surface area contributed by atoms with Crippen molar-refractivity contribution in [2.45, 2.75) is 25.4 Å². The first-order valence-electron chi connectivity index (χ1n) is 8.33. The van der Waals surface area contributed by atoms with E-state index in [4.69, 9.17) is 4.74 Å². The Bertz CT molecular complexity index is 849. The highest BCUT2D eigenvalue weighted by Gasteiger charge is 2.61. The SMILES string of the molecule is CCOC(=O)[C@@H]1[C@@H](c2ccccc2)[C@H]2C(=O)N[C@]1(C)NC2=C(C#N)C#N. The number of benzene rings is 1. The van der Waals surface area contributed by atoms with Gasteiger partial charge in [0.15, 0.2) is 0 Å². The number of nitrogens with zero attached hydrogens (tertiary/aromatic N) is 2. The van der Waals surface area contributed by atoms with Crippen molar-refractivity contribution < 1.29 is 14.3 Å². The molecule has 0 saturated carbocycles. The van der Waals surface area contributed by atoms with Crippen molar-refractivity contribution in [3.8, 4) is 12.1 Å². The van der Waals surface area contributed by atoms with E-state index in [1.165, 1.54) is 0 Å². The summed E-state index contributed by atoms with van der Waals surface area (Å²) in [5.74, 6) is -2.84. The Labute approximate surface area is 151 Å². The zero-order valence-electron chi connectivity index (χ0n) is 14.4. The molecule has 0 aliphatic carbocycles. The van der Waals surface area contributed by atoms with E-state index < -0.39 is 29.4 Å². The van der Waals surface area contributed by atoms with Crippen LogP contribution in [0.15, 0.2) is 41.6 Å². The standard InChI is InChI=1S/C19H18N4O3/c1-3-26-18(25)15-13(11-7-5-4-6-8-11)14-16(12(9-20)10-21)22-19(15,2)23-17(14)24/h4-8,13-15,22H,3H2,1-2H3,(H,23,24)/t13-,14+,15-,19-/m0/s1. The van der Waals surface area contributed by atoms with E-state index in [0.717, 1.165) is 5.56 Å². The molecule has 2 N–H and O–H groups in total. The molecule has 0 radical (unpaired) electrons. The van der Waals surface area contributed by atoms with Crippen LogP contribution >= 0.6 is 0 Å². The summed E-state index contributed by atoms with van der Waals surface area (Å²) in [7, 11) is 0.